The second kappa shape index (κ2) is 7.74. The zero-order valence-electron chi connectivity index (χ0n) is 16.2. The molecule has 7 heteroatoms. The first-order valence-corrected chi connectivity index (χ1v) is 10.3. The second-order valence-electron chi connectivity index (χ2n) is 7.42. The summed E-state index contributed by atoms with van der Waals surface area (Å²) in [6, 6.07) is 10.2. The van der Waals surface area contributed by atoms with Gasteiger partial charge in [-0.3, -0.25) is 4.79 Å². The molecule has 0 bridgehead atoms. The van der Waals surface area contributed by atoms with Gasteiger partial charge in [0.2, 0.25) is 5.91 Å². The van der Waals surface area contributed by atoms with Gasteiger partial charge < -0.3 is 14.8 Å². The third-order valence-electron chi connectivity index (χ3n) is 5.03. The molecule has 1 amide bonds. The smallest absolute Gasteiger partial charge is 0.245 e. The predicted molar refractivity (Wildman–Crippen MR) is 111 cm³/mol. The Balaban J connectivity index is 1.61. The van der Waals surface area contributed by atoms with Crippen molar-refractivity contribution in [2.75, 3.05) is 19.4 Å². The number of carbonyl (C=O) groups is 1. The highest BCUT2D eigenvalue weighted by atomic mass is 32.1. The standard InChI is InChI=1S/C21H23N5OS/c1-25(2)12-19-23-16-8-4-5-9-17(16)26(19)13-20(27)24-21-15(11-22)14-7-3-6-10-18(14)28-21/h4-5,8-9H,3,6-7,10,12-13H2,1-2H3,(H,24,27). The molecule has 28 heavy (non-hydrogen) atoms. The van der Waals surface area contributed by atoms with Gasteiger partial charge >= 0.3 is 0 Å². The number of fused-ring (bicyclic) bond motifs is 2. The minimum absolute atomic E-state index is 0.127. The van der Waals surface area contributed by atoms with Crippen molar-refractivity contribution in [3.05, 3.63) is 46.1 Å². The molecule has 0 radical (unpaired) electrons. The van der Waals surface area contributed by atoms with Crippen molar-refractivity contribution in [3.8, 4) is 6.07 Å². The monoisotopic (exact) mass is 393 g/mol. The van der Waals surface area contributed by atoms with Crippen LogP contribution in [0, 0.1) is 11.3 Å². The number of nitriles is 1. The number of hydrogen-bond donors (Lipinski definition) is 1. The molecular weight excluding hydrogens is 370 g/mol. The number of nitrogens with one attached hydrogen (secondary N) is 1. The number of aromatic nitrogens is 2. The number of benzene rings is 1. The Morgan fingerprint density at radius 1 is 1.32 bits per heavy atom. The summed E-state index contributed by atoms with van der Waals surface area (Å²) in [5.41, 5.74) is 3.62. The number of amides is 1. The van der Waals surface area contributed by atoms with Crippen LogP contribution in [0.4, 0.5) is 5.00 Å². The molecule has 0 spiro atoms. The number of anilines is 1. The van der Waals surface area contributed by atoms with E-state index in [1.807, 2.05) is 47.8 Å². The van der Waals surface area contributed by atoms with E-state index in [-0.39, 0.29) is 12.5 Å². The number of nitrogens with zero attached hydrogens (tertiary/aromatic N) is 4. The van der Waals surface area contributed by atoms with Gasteiger partial charge in [-0.25, -0.2) is 4.98 Å². The van der Waals surface area contributed by atoms with Crippen LogP contribution >= 0.6 is 11.3 Å². The fraction of sp³-hybridized carbons (Fsp3) is 0.381. The van der Waals surface area contributed by atoms with E-state index in [1.165, 1.54) is 4.88 Å². The van der Waals surface area contributed by atoms with Crippen molar-refractivity contribution in [3.63, 3.8) is 0 Å². The number of para-hydroxylation sites is 2. The third-order valence-corrected chi connectivity index (χ3v) is 6.24. The molecule has 2 aromatic heterocycles. The molecule has 0 saturated heterocycles. The van der Waals surface area contributed by atoms with Crippen molar-refractivity contribution < 1.29 is 4.79 Å². The molecule has 1 aromatic carbocycles. The van der Waals surface area contributed by atoms with Gasteiger partial charge in [0.1, 0.15) is 23.4 Å². The highest BCUT2D eigenvalue weighted by Gasteiger charge is 2.22. The molecule has 3 aromatic rings. The van der Waals surface area contributed by atoms with Crippen LogP contribution in [0.2, 0.25) is 0 Å². The normalized spacial score (nSPS) is 13.5. The Bertz CT molecular complexity index is 1070. The molecule has 6 nitrogen and oxygen atoms in total. The maximum Gasteiger partial charge on any atom is 0.245 e. The van der Waals surface area contributed by atoms with Crippen LogP contribution in [-0.2, 0) is 30.7 Å². The number of aryl methyl sites for hydroxylation is 1. The fourth-order valence-electron chi connectivity index (χ4n) is 3.79. The Morgan fingerprint density at radius 3 is 2.89 bits per heavy atom. The number of carbonyl (C=O) groups excluding carboxylic acids is 1. The SMILES string of the molecule is CN(C)Cc1nc2ccccc2n1CC(=O)Nc1sc2c(c1C#N)CCCC2. The summed E-state index contributed by atoms with van der Waals surface area (Å²) in [4.78, 5) is 20.8. The molecule has 1 aliphatic carbocycles. The topological polar surface area (TPSA) is 74.0 Å². The Hall–Kier alpha value is -2.69. The lowest BCUT2D eigenvalue weighted by molar-refractivity contribution is -0.116. The molecule has 0 unspecified atom stereocenters. The second-order valence-corrected chi connectivity index (χ2v) is 8.52. The van der Waals surface area contributed by atoms with E-state index in [2.05, 4.69) is 11.4 Å². The van der Waals surface area contributed by atoms with Crippen LogP contribution in [0.1, 0.15) is 34.7 Å². The molecule has 1 N–H and O–H groups in total. The van der Waals surface area contributed by atoms with Gasteiger partial charge in [0.05, 0.1) is 23.1 Å². The summed E-state index contributed by atoms with van der Waals surface area (Å²) in [6.07, 6.45) is 4.20. The zero-order chi connectivity index (χ0) is 19.7. The molecule has 0 fully saturated rings. The van der Waals surface area contributed by atoms with Gasteiger partial charge in [-0.1, -0.05) is 12.1 Å². The number of thiophene rings is 1. The first-order chi connectivity index (χ1) is 13.6. The summed E-state index contributed by atoms with van der Waals surface area (Å²) in [5, 5.41) is 13.3. The lowest BCUT2D eigenvalue weighted by Gasteiger charge is -2.13. The minimum Gasteiger partial charge on any atom is -0.317 e. The van der Waals surface area contributed by atoms with Crippen molar-refractivity contribution in [1.29, 1.82) is 5.26 Å². The van der Waals surface area contributed by atoms with Crippen LogP contribution < -0.4 is 5.32 Å². The average Bonchev–Trinajstić information content (AvgIpc) is 3.18. The number of hydrogen-bond acceptors (Lipinski definition) is 5. The summed E-state index contributed by atoms with van der Waals surface area (Å²) in [6.45, 7) is 0.829. The Morgan fingerprint density at radius 2 is 2.11 bits per heavy atom. The lowest BCUT2D eigenvalue weighted by atomic mass is 9.96. The molecular formula is C21H23N5OS. The lowest BCUT2D eigenvalue weighted by Crippen LogP contribution is -2.22. The Labute approximate surface area is 168 Å². The van der Waals surface area contributed by atoms with Crippen molar-refractivity contribution >= 4 is 33.3 Å². The third kappa shape index (κ3) is 3.53. The zero-order valence-corrected chi connectivity index (χ0v) is 17.0. The van der Waals surface area contributed by atoms with Crippen LogP contribution in [0.25, 0.3) is 11.0 Å². The van der Waals surface area contributed by atoms with E-state index in [1.54, 1.807) is 11.3 Å². The molecule has 0 aliphatic heterocycles. The molecule has 2 heterocycles. The molecule has 0 saturated carbocycles. The van der Waals surface area contributed by atoms with E-state index in [0.29, 0.717) is 17.1 Å². The quantitative estimate of drug-likeness (QED) is 0.719. The summed E-state index contributed by atoms with van der Waals surface area (Å²) in [7, 11) is 3.97. The Kier molecular flexibility index (Phi) is 5.16. The maximum absolute atomic E-state index is 12.9. The average molecular weight is 394 g/mol. The van der Waals surface area contributed by atoms with Gasteiger partial charge in [0.25, 0.3) is 0 Å². The van der Waals surface area contributed by atoms with Crippen LogP contribution in [0.3, 0.4) is 0 Å². The highest BCUT2D eigenvalue weighted by Crippen LogP contribution is 2.37. The number of imidazole rings is 1. The molecule has 0 atom stereocenters. The minimum atomic E-state index is -0.127. The maximum atomic E-state index is 12.9. The molecule has 144 valence electrons. The summed E-state index contributed by atoms with van der Waals surface area (Å²) >= 11 is 1.56. The van der Waals surface area contributed by atoms with Crippen LogP contribution in [-0.4, -0.2) is 34.5 Å². The largest absolute Gasteiger partial charge is 0.317 e. The van der Waals surface area contributed by atoms with Crippen molar-refractivity contribution in [2.45, 2.75) is 38.8 Å². The van der Waals surface area contributed by atoms with Gasteiger partial charge in [0.15, 0.2) is 0 Å². The molecule has 4 rings (SSSR count). The van der Waals surface area contributed by atoms with E-state index >= 15 is 0 Å². The first kappa shape index (κ1) is 18.7. The van der Waals surface area contributed by atoms with Gasteiger partial charge in [-0.15, -0.1) is 11.3 Å². The predicted octanol–water partition coefficient (Wildman–Crippen LogP) is 3.55. The fourth-order valence-corrected chi connectivity index (χ4v) is 5.04. The van der Waals surface area contributed by atoms with Crippen molar-refractivity contribution in [1.82, 2.24) is 14.5 Å². The van der Waals surface area contributed by atoms with Gasteiger partial charge in [-0.2, -0.15) is 5.26 Å². The van der Waals surface area contributed by atoms with E-state index in [4.69, 9.17) is 4.98 Å². The molecule has 1 aliphatic rings. The van der Waals surface area contributed by atoms with Crippen LogP contribution in [0.5, 0.6) is 0 Å². The summed E-state index contributed by atoms with van der Waals surface area (Å²) in [5.74, 6) is 0.727. The number of rotatable bonds is 5. The first-order valence-electron chi connectivity index (χ1n) is 9.50. The van der Waals surface area contributed by atoms with Gasteiger partial charge in [0, 0.05) is 4.88 Å². The van der Waals surface area contributed by atoms with E-state index in [0.717, 1.165) is 48.1 Å². The van der Waals surface area contributed by atoms with Gasteiger partial charge in [-0.05, 0) is 57.5 Å². The van der Waals surface area contributed by atoms with E-state index in [9.17, 15) is 10.1 Å². The highest BCUT2D eigenvalue weighted by molar-refractivity contribution is 7.16. The van der Waals surface area contributed by atoms with Crippen molar-refractivity contribution in [2.24, 2.45) is 0 Å². The van der Waals surface area contributed by atoms with Crippen LogP contribution in [0.15, 0.2) is 24.3 Å². The van der Waals surface area contributed by atoms with E-state index < -0.39 is 0 Å². The summed E-state index contributed by atoms with van der Waals surface area (Å²) < 4.78 is 1.96.